The topological polar surface area (TPSA) is 44.1 Å². The van der Waals surface area contributed by atoms with E-state index in [1.807, 2.05) is 0 Å². The minimum Gasteiger partial charge on any atom is -0.497 e. The van der Waals surface area contributed by atoms with Gasteiger partial charge in [-0.05, 0) is 35.9 Å². The average Bonchev–Trinajstić information content (AvgIpc) is 2.56. The number of alkyl halides is 3. The predicted octanol–water partition coefficient (Wildman–Crippen LogP) is 4.13. The Kier molecular flexibility index (Phi) is 4.43. The molecule has 0 aliphatic heterocycles. The number of hydrogen-bond acceptors (Lipinski definition) is 3. The highest BCUT2D eigenvalue weighted by Crippen LogP contribution is 2.33. The van der Waals surface area contributed by atoms with Crippen LogP contribution < -0.4 is 10.4 Å². The van der Waals surface area contributed by atoms with Gasteiger partial charge in [-0.3, -0.25) is 4.57 Å². The van der Waals surface area contributed by atoms with Crippen molar-refractivity contribution in [1.29, 1.82) is 0 Å². The molecule has 0 N–H and O–H groups in total. The third-order valence-corrected chi connectivity index (χ3v) is 3.95. The number of benzene rings is 2. The number of fused-ring (bicyclic) bond motifs is 1. The Labute approximate surface area is 145 Å². The van der Waals surface area contributed by atoms with Crippen molar-refractivity contribution in [2.45, 2.75) is 12.7 Å². The van der Waals surface area contributed by atoms with E-state index in [9.17, 15) is 18.0 Å². The first kappa shape index (κ1) is 17.3. The van der Waals surface area contributed by atoms with E-state index in [4.69, 9.17) is 16.3 Å². The quantitative estimate of drug-likeness (QED) is 0.698. The molecule has 0 fully saturated rings. The fraction of sp³-hybridized carbons (Fsp3) is 0.176. The lowest BCUT2D eigenvalue weighted by molar-refractivity contribution is -0.140. The van der Waals surface area contributed by atoms with Gasteiger partial charge >= 0.3 is 11.9 Å². The molecule has 3 aromatic rings. The van der Waals surface area contributed by atoms with Gasteiger partial charge < -0.3 is 4.74 Å². The highest BCUT2D eigenvalue weighted by atomic mass is 35.5. The monoisotopic (exact) mass is 368 g/mol. The van der Waals surface area contributed by atoms with Gasteiger partial charge in [0.15, 0.2) is 5.69 Å². The third kappa shape index (κ3) is 3.46. The van der Waals surface area contributed by atoms with Crippen LogP contribution in [0, 0.1) is 0 Å². The largest absolute Gasteiger partial charge is 0.497 e. The zero-order valence-electron chi connectivity index (χ0n) is 13.0. The van der Waals surface area contributed by atoms with Crippen LogP contribution in [0.15, 0.2) is 47.3 Å². The average molecular weight is 369 g/mol. The molecule has 25 heavy (non-hydrogen) atoms. The van der Waals surface area contributed by atoms with Crippen molar-refractivity contribution < 1.29 is 17.9 Å². The van der Waals surface area contributed by atoms with Crippen molar-refractivity contribution in [3.8, 4) is 5.75 Å². The molecule has 0 aliphatic rings. The Hall–Kier alpha value is -2.54. The first-order chi connectivity index (χ1) is 11.8. The molecule has 0 unspecified atom stereocenters. The Morgan fingerprint density at radius 3 is 2.44 bits per heavy atom. The number of halogens is 4. The van der Waals surface area contributed by atoms with E-state index in [0.717, 1.165) is 11.6 Å². The first-order valence-electron chi connectivity index (χ1n) is 7.20. The van der Waals surface area contributed by atoms with Crippen molar-refractivity contribution in [3.63, 3.8) is 0 Å². The SMILES string of the molecule is COc1ccc(Cn2c(=O)nc(C(F)(F)F)c3cc(Cl)ccc32)cc1. The number of methoxy groups -OCH3 is 1. The molecule has 0 radical (unpaired) electrons. The van der Waals surface area contributed by atoms with Crippen LogP contribution >= 0.6 is 11.6 Å². The minimum atomic E-state index is -4.75. The predicted molar refractivity (Wildman–Crippen MR) is 88.1 cm³/mol. The summed E-state index contributed by atoms with van der Waals surface area (Å²) in [6.45, 7) is 0.0755. The van der Waals surface area contributed by atoms with E-state index in [1.165, 1.54) is 23.8 Å². The second-order valence-electron chi connectivity index (χ2n) is 5.34. The van der Waals surface area contributed by atoms with Gasteiger partial charge in [0.2, 0.25) is 0 Å². The van der Waals surface area contributed by atoms with E-state index in [0.29, 0.717) is 5.75 Å². The summed E-state index contributed by atoms with van der Waals surface area (Å²) in [7, 11) is 1.52. The lowest BCUT2D eigenvalue weighted by Gasteiger charge is -2.14. The summed E-state index contributed by atoms with van der Waals surface area (Å²) in [6, 6.07) is 10.9. The molecule has 0 atom stereocenters. The van der Waals surface area contributed by atoms with Gasteiger partial charge in [0.1, 0.15) is 5.75 Å². The lowest BCUT2D eigenvalue weighted by atomic mass is 10.1. The molecule has 1 aromatic heterocycles. The maximum absolute atomic E-state index is 13.2. The maximum atomic E-state index is 13.2. The van der Waals surface area contributed by atoms with Crippen molar-refractivity contribution in [3.05, 3.63) is 69.2 Å². The molecule has 1 heterocycles. The summed E-state index contributed by atoms with van der Waals surface area (Å²) in [5, 5.41) is -0.0810. The summed E-state index contributed by atoms with van der Waals surface area (Å²) >= 11 is 5.83. The van der Waals surface area contributed by atoms with Crippen LogP contribution in [0.1, 0.15) is 11.3 Å². The Balaban J connectivity index is 2.18. The van der Waals surface area contributed by atoms with Gasteiger partial charge in [-0.15, -0.1) is 0 Å². The van der Waals surface area contributed by atoms with Crippen LogP contribution in [0.25, 0.3) is 10.9 Å². The van der Waals surface area contributed by atoms with Gasteiger partial charge in [-0.25, -0.2) is 4.79 Å². The van der Waals surface area contributed by atoms with Gasteiger partial charge in [-0.1, -0.05) is 23.7 Å². The normalized spacial score (nSPS) is 11.7. The van der Waals surface area contributed by atoms with Crippen molar-refractivity contribution in [2.75, 3.05) is 7.11 Å². The number of rotatable bonds is 3. The summed E-state index contributed by atoms with van der Waals surface area (Å²) < 4.78 is 45.9. The van der Waals surface area contributed by atoms with Crippen LogP contribution in [0.2, 0.25) is 5.02 Å². The molecular formula is C17H12ClF3N2O2. The molecule has 130 valence electrons. The number of nitrogens with zero attached hydrogens (tertiary/aromatic N) is 2. The summed E-state index contributed by atoms with van der Waals surface area (Å²) in [4.78, 5) is 15.4. The van der Waals surface area contributed by atoms with Crippen molar-refractivity contribution in [1.82, 2.24) is 9.55 Å². The minimum absolute atomic E-state index is 0.0755. The second kappa shape index (κ2) is 6.40. The molecule has 0 saturated heterocycles. The maximum Gasteiger partial charge on any atom is 0.434 e. The van der Waals surface area contributed by atoms with Gasteiger partial charge in [-0.2, -0.15) is 18.2 Å². The van der Waals surface area contributed by atoms with Gasteiger partial charge in [0.05, 0.1) is 19.2 Å². The summed E-state index contributed by atoms with van der Waals surface area (Å²) in [5.74, 6) is 0.637. The van der Waals surface area contributed by atoms with E-state index >= 15 is 0 Å². The highest BCUT2D eigenvalue weighted by Gasteiger charge is 2.36. The molecule has 2 aromatic carbocycles. The van der Waals surface area contributed by atoms with E-state index in [1.54, 1.807) is 24.3 Å². The number of aromatic nitrogens is 2. The van der Waals surface area contributed by atoms with Crippen LogP contribution in [0.5, 0.6) is 5.75 Å². The fourth-order valence-electron chi connectivity index (χ4n) is 2.53. The van der Waals surface area contributed by atoms with Crippen LogP contribution in [-0.4, -0.2) is 16.7 Å². The highest BCUT2D eigenvalue weighted by molar-refractivity contribution is 6.31. The number of hydrogen-bond donors (Lipinski definition) is 0. The van der Waals surface area contributed by atoms with E-state index in [2.05, 4.69) is 4.98 Å². The smallest absolute Gasteiger partial charge is 0.434 e. The molecule has 0 saturated carbocycles. The zero-order valence-corrected chi connectivity index (χ0v) is 13.7. The summed E-state index contributed by atoms with van der Waals surface area (Å²) in [6.07, 6.45) is -4.75. The van der Waals surface area contributed by atoms with Crippen molar-refractivity contribution >= 4 is 22.5 Å². The molecule has 4 nitrogen and oxygen atoms in total. The molecular weight excluding hydrogens is 357 g/mol. The molecule has 0 bridgehead atoms. The Morgan fingerprint density at radius 2 is 1.84 bits per heavy atom. The zero-order chi connectivity index (χ0) is 18.2. The van der Waals surface area contributed by atoms with E-state index < -0.39 is 17.6 Å². The van der Waals surface area contributed by atoms with Gasteiger partial charge in [0, 0.05) is 10.4 Å². The summed E-state index contributed by atoms with van der Waals surface area (Å²) in [5.41, 5.74) is -1.37. The molecule has 0 aliphatic carbocycles. The van der Waals surface area contributed by atoms with Gasteiger partial charge in [0.25, 0.3) is 0 Å². The molecule has 0 spiro atoms. The van der Waals surface area contributed by atoms with Crippen LogP contribution in [-0.2, 0) is 12.7 Å². The Bertz CT molecular complexity index is 982. The third-order valence-electron chi connectivity index (χ3n) is 3.71. The lowest BCUT2D eigenvalue weighted by Crippen LogP contribution is -2.28. The first-order valence-corrected chi connectivity index (χ1v) is 7.57. The second-order valence-corrected chi connectivity index (χ2v) is 5.77. The molecule has 3 rings (SSSR count). The standard InChI is InChI=1S/C17H12ClF3N2O2/c1-25-12-5-2-10(3-6-12)9-23-14-7-4-11(18)8-13(14)15(17(19,20)21)22-16(23)24/h2-8H,9H2,1H3. The molecule has 8 heteroatoms. The van der Waals surface area contributed by atoms with Crippen molar-refractivity contribution in [2.24, 2.45) is 0 Å². The molecule has 0 amide bonds. The fourth-order valence-corrected chi connectivity index (χ4v) is 2.71. The van der Waals surface area contributed by atoms with E-state index in [-0.39, 0.29) is 22.5 Å². The van der Waals surface area contributed by atoms with Crippen LogP contribution in [0.4, 0.5) is 13.2 Å². The van der Waals surface area contributed by atoms with Crippen LogP contribution in [0.3, 0.4) is 0 Å². The Morgan fingerprint density at radius 1 is 1.16 bits per heavy atom. The number of ether oxygens (including phenoxy) is 1.